The molecule has 3 aromatic rings. The molecule has 1 fully saturated rings. The number of imidazole rings is 1. The van der Waals surface area contributed by atoms with Gasteiger partial charge in [0.05, 0.1) is 28.5 Å². The van der Waals surface area contributed by atoms with Crippen LogP contribution in [0.2, 0.25) is 0 Å². The van der Waals surface area contributed by atoms with E-state index in [1.54, 1.807) is 29.2 Å². The third-order valence-corrected chi connectivity index (χ3v) is 6.24. The van der Waals surface area contributed by atoms with Crippen molar-refractivity contribution < 1.29 is 17.6 Å². The number of likely N-dealkylation sites (tertiary alicyclic amines) is 1. The average molecular weight is 402 g/mol. The number of sulfonamides is 1. The van der Waals surface area contributed by atoms with Gasteiger partial charge in [0, 0.05) is 6.54 Å². The lowest BCUT2D eigenvalue weighted by atomic mass is 10.2. The van der Waals surface area contributed by atoms with E-state index < -0.39 is 10.0 Å². The van der Waals surface area contributed by atoms with Crippen molar-refractivity contribution in [2.75, 3.05) is 13.1 Å². The van der Waals surface area contributed by atoms with E-state index in [9.17, 15) is 17.6 Å². The molecular formula is C19H19FN4O3S. The number of hydrogen-bond acceptors (Lipinski definition) is 4. The summed E-state index contributed by atoms with van der Waals surface area (Å²) in [5, 5.41) is 0. The van der Waals surface area contributed by atoms with Gasteiger partial charge in [0.1, 0.15) is 11.6 Å². The number of carbonyl (C=O) groups is 1. The van der Waals surface area contributed by atoms with Gasteiger partial charge in [0.15, 0.2) is 0 Å². The zero-order chi connectivity index (χ0) is 19.7. The number of halogens is 1. The Bertz CT molecular complexity index is 1110. The van der Waals surface area contributed by atoms with E-state index in [0.29, 0.717) is 29.8 Å². The van der Waals surface area contributed by atoms with Crippen molar-refractivity contribution in [3.05, 3.63) is 60.2 Å². The lowest BCUT2D eigenvalue weighted by Crippen LogP contribution is -2.40. The van der Waals surface area contributed by atoms with Gasteiger partial charge in [-0.05, 0) is 43.2 Å². The summed E-state index contributed by atoms with van der Waals surface area (Å²) in [6, 6.07) is 11.9. The predicted octanol–water partition coefficient (Wildman–Crippen LogP) is 2.34. The Labute approximate surface area is 161 Å². The Morgan fingerprint density at radius 2 is 2.04 bits per heavy atom. The molecule has 1 atom stereocenters. The van der Waals surface area contributed by atoms with Crippen molar-refractivity contribution in [3.63, 3.8) is 0 Å². The Morgan fingerprint density at radius 3 is 2.82 bits per heavy atom. The van der Waals surface area contributed by atoms with E-state index in [4.69, 9.17) is 0 Å². The second kappa shape index (κ2) is 7.33. The first kappa shape index (κ1) is 18.6. The fraction of sp³-hybridized carbons (Fsp3) is 0.263. The molecule has 0 aliphatic carbocycles. The second-order valence-electron chi connectivity index (χ2n) is 6.67. The Balaban J connectivity index is 1.49. The van der Waals surface area contributed by atoms with E-state index in [1.807, 2.05) is 0 Å². The van der Waals surface area contributed by atoms with Crippen LogP contribution in [0, 0.1) is 5.82 Å². The molecule has 9 heteroatoms. The third-order valence-electron chi connectivity index (χ3n) is 4.82. The van der Waals surface area contributed by atoms with Crippen LogP contribution in [0.4, 0.5) is 4.39 Å². The fourth-order valence-corrected chi connectivity index (χ4v) is 4.45. The molecule has 2 heterocycles. The zero-order valence-corrected chi connectivity index (χ0v) is 15.7. The lowest BCUT2D eigenvalue weighted by molar-refractivity contribution is -0.131. The van der Waals surface area contributed by atoms with Crippen molar-refractivity contribution in [1.82, 2.24) is 19.6 Å². The minimum Gasteiger partial charge on any atom is -0.340 e. The number of nitrogens with zero attached hydrogens (tertiary/aromatic N) is 2. The first-order chi connectivity index (χ1) is 13.4. The molecule has 2 N–H and O–H groups in total. The summed E-state index contributed by atoms with van der Waals surface area (Å²) in [6.07, 6.45) is 1.49. The van der Waals surface area contributed by atoms with Crippen molar-refractivity contribution in [2.45, 2.75) is 23.8 Å². The molecule has 2 aromatic carbocycles. The van der Waals surface area contributed by atoms with Crippen LogP contribution >= 0.6 is 0 Å². The highest BCUT2D eigenvalue weighted by Gasteiger charge is 2.32. The zero-order valence-electron chi connectivity index (χ0n) is 14.9. The summed E-state index contributed by atoms with van der Waals surface area (Å²) in [4.78, 5) is 21.9. The minimum absolute atomic E-state index is 0.111. The average Bonchev–Trinajstić information content (AvgIpc) is 3.33. The maximum Gasteiger partial charge on any atom is 0.241 e. The van der Waals surface area contributed by atoms with Gasteiger partial charge in [-0.1, -0.05) is 18.2 Å². The van der Waals surface area contributed by atoms with Gasteiger partial charge in [-0.2, -0.15) is 0 Å². The molecule has 4 rings (SSSR count). The lowest BCUT2D eigenvalue weighted by Gasteiger charge is -2.23. The number of fused-ring (bicyclic) bond motifs is 1. The van der Waals surface area contributed by atoms with Crippen LogP contribution in [-0.2, 0) is 14.8 Å². The number of benzene rings is 2. The molecule has 0 saturated carbocycles. The third kappa shape index (κ3) is 3.63. The van der Waals surface area contributed by atoms with E-state index in [0.717, 1.165) is 6.42 Å². The smallest absolute Gasteiger partial charge is 0.241 e. The van der Waals surface area contributed by atoms with Crippen molar-refractivity contribution in [3.8, 4) is 0 Å². The van der Waals surface area contributed by atoms with Gasteiger partial charge in [0.2, 0.25) is 15.9 Å². The number of carbonyl (C=O) groups excluding carboxylic acids is 1. The summed E-state index contributed by atoms with van der Waals surface area (Å²) >= 11 is 0. The number of nitrogens with one attached hydrogen (secondary N) is 2. The molecule has 0 radical (unpaired) electrons. The molecule has 7 nitrogen and oxygen atoms in total. The van der Waals surface area contributed by atoms with Crippen molar-refractivity contribution >= 4 is 27.0 Å². The van der Waals surface area contributed by atoms with E-state index in [-0.39, 0.29) is 29.2 Å². The van der Waals surface area contributed by atoms with E-state index in [2.05, 4.69) is 14.7 Å². The van der Waals surface area contributed by atoms with Gasteiger partial charge in [-0.3, -0.25) is 4.79 Å². The topological polar surface area (TPSA) is 95.2 Å². The Hall–Kier alpha value is -2.78. The molecule has 1 saturated heterocycles. The summed E-state index contributed by atoms with van der Waals surface area (Å²) in [7, 11) is -3.75. The molecule has 1 aliphatic heterocycles. The van der Waals surface area contributed by atoms with Crippen LogP contribution in [0.5, 0.6) is 0 Å². The second-order valence-corrected chi connectivity index (χ2v) is 8.43. The van der Waals surface area contributed by atoms with Crippen molar-refractivity contribution in [1.29, 1.82) is 0 Å². The Kier molecular flexibility index (Phi) is 4.86. The summed E-state index contributed by atoms with van der Waals surface area (Å²) in [6.45, 7) is 0.185. The van der Waals surface area contributed by atoms with Crippen LogP contribution in [0.1, 0.15) is 24.7 Å². The van der Waals surface area contributed by atoms with Crippen LogP contribution < -0.4 is 4.72 Å². The molecular weight excluding hydrogens is 383 g/mol. The first-order valence-corrected chi connectivity index (χ1v) is 10.4. The summed E-state index contributed by atoms with van der Waals surface area (Å²) in [5.74, 6) is -0.108. The highest BCUT2D eigenvalue weighted by molar-refractivity contribution is 7.89. The highest BCUT2D eigenvalue weighted by Crippen LogP contribution is 2.31. The van der Waals surface area contributed by atoms with Crippen LogP contribution in [0.15, 0.2) is 53.4 Å². The van der Waals surface area contributed by atoms with Crippen LogP contribution in [0.3, 0.4) is 0 Å². The molecule has 1 aliphatic rings. The van der Waals surface area contributed by atoms with Crippen molar-refractivity contribution in [2.24, 2.45) is 0 Å². The van der Waals surface area contributed by atoms with Gasteiger partial charge in [-0.15, -0.1) is 0 Å². The molecule has 1 aromatic heterocycles. The molecule has 28 heavy (non-hydrogen) atoms. The number of aromatic nitrogens is 2. The standard InChI is InChI=1S/C19H19FN4O3S/c20-13-8-9-15-16(11-13)23-19(22-15)17-7-4-10-24(17)18(25)12-21-28(26,27)14-5-2-1-3-6-14/h1-3,5-6,8-9,11,17,21H,4,7,10,12H2,(H,22,23). The van der Waals surface area contributed by atoms with Gasteiger partial charge < -0.3 is 9.88 Å². The molecule has 1 amide bonds. The Morgan fingerprint density at radius 1 is 1.25 bits per heavy atom. The summed E-state index contributed by atoms with van der Waals surface area (Å²) < 4.78 is 40.4. The monoisotopic (exact) mass is 402 g/mol. The highest BCUT2D eigenvalue weighted by atomic mass is 32.2. The number of H-pyrrole nitrogens is 1. The quantitative estimate of drug-likeness (QED) is 0.685. The van der Waals surface area contributed by atoms with E-state index in [1.165, 1.54) is 24.3 Å². The number of hydrogen-bond donors (Lipinski definition) is 2. The predicted molar refractivity (Wildman–Crippen MR) is 101 cm³/mol. The SMILES string of the molecule is O=C(CNS(=O)(=O)c1ccccc1)N1CCCC1c1nc2ccc(F)cc2[nH]1. The van der Waals surface area contributed by atoms with Gasteiger partial charge >= 0.3 is 0 Å². The van der Waals surface area contributed by atoms with Gasteiger partial charge in [0.25, 0.3) is 0 Å². The number of rotatable bonds is 5. The molecule has 146 valence electrons. The van der Waals surface area contributed by atoms with Crippen LogP contribution in [0.25, 0.3) is 11.0 Å². The minimum atomic E-state index is -3.75. The van der Waals surface area contributed by atoms with Crippen LogP contribution in [-0.4, -0.2) is 42.3 Å². The van der Waals surface area contributed by atoms with Gasteiger partial charge in [-0.25, -0.2) is 22.5 Å². The number of amides is 1. The summed E-state index contributed by atoms with van der Waals surface area (Å²) in [5.41, 5.74) is 1.19. The molecule has 1 unspecified atom stereocenters. The number of aromatic amines is 1. The first-order valence-electron chi connectivity index (χ1n) is 8.93. The van der Waals surface area contributed by atoms with E-state index >= 15 is 0 Å². The molecule has 0 bridgehead atoms. The largest absolute Gasteiger partial charge is 0.340 e. The maximum atomic E-state index is 13.4. The molecule has 0 spiro atoms. The fourth-order valence-electron chi connectivity index (χ4n) is 3.45. The normalized spacial score (nSPS) is 17.3. The maximum absolute atomic E-state index is 13.4.